The molecule has 0 radical (unpaired) electrons. The van der Waals surface area contributed by atoms with Gasteiger partial charge in [0, 0.05) is 18.9 Å². The average molecular weight is 209 g/mol. The van der Waals surface area contributed by atoms with E-state index in [0.717, 1.165) is 31.2 Å². The van der Waals surface area contributed by atoms with E-state index in [1.165, 1.54) is 6.33 Å². The van der Waals surface area contributed by atoms with Crippen LogP contribution < -0.4 is 5.32 Å². The van der Waals surface area contributed by atoms with Crippen molar-refractivity contribution in [3.05, 3.63) is 24.3 Å². The van der Waals surface area contributed by atoms with Crippen molar-refractivity contribution in [3.63, 3.8) is 0 Å². The van der Waals surface area contributed by atoms with Crippen molar-refractivity contribution >= 4 is 6.09 Å². The fourth-order valence-electron chi connectivity index (χ4n) is 1.29. The van der Waals surface area contributed by atoms with Crippen molar-refractivity contribution < 1.29 is 9.90 Å². The second-order valence-corrected chi connectivity index (χ2v) is 3.29. The summed E-state index contributed by atoms with van der Waals surface area (Å²) in [6.45, 7) is 0.528. The van der Waals surface area contributed by atoms with Gasteiger partial charge in [-0.05, 0) is 24.8 Å². The Kier molecular flexibility index (Phi) is 5.14. The van der Waals surface area contributed by atoms with Crippen LogP contribution in [0.1, 0.15) is 24.8 Å². The van der Waals surface area contributed by atoms with Crippen molar-refractivity contribution in [3.8, 4) is 0 Å². The molecule has 1 aromatic heterocycles. The SMILES string of the molecule is O=C(O)NCCCCCc1cncnc1. The largest absolute Gasteiger partial charge is 0.465 e. The predicted molar refractivity (Wildman–Crippen MR) is 55.6 cm³/mol. The molecule has 82 valence electrons. The van der Waals surface area contributed by atoms with E-state index in [1.807, 2.05) is 12.4 Å². The van der Waals surface area contributed by atoms with E-state index >= 15 is 0 Å². The zero-order valence-electron chi connectivity index (χ0n) is 8.52. The lowest BCUT2D eigenvalue weighted by Crippen LogP contribution is -2.21. The average Bonchev–Trinajstić information content (AvgIpc) is 2.24. The van der Waals surface area contributed by atoms with Gasteiger partial charge in [-0.2, -0.15) is 0 Å². The Labute approximate surface area is 88.6 Å². The molecule has 1 rings (SSSR count). The zero-order chi connectivity index (χ0) is 10.9. The lowest BCUT2D eigenvalue weighted by atomic mass is 10.1. The molecule has 0 aliphatic rings. The van der Waals surface area contributed by atoms with E-state index in [9.17, 15) is 4.79 Å². The number of nitrogens with one attached hydrogen (secondary N) is 1. The van der Waals surface area contributed by atoms with Crippen LogP contribution in [0.2, 0.25) is 0 Å². The highest BCUT2D eigenvalue weighted by molar-refractivity contribution is 5.64. The Hall–Kier alpha value is -1.65. The molecule has 0 unspecified atom stereocenters. The summed E-state index contributed by atoms with van der Waals surface area (Å²) in [7, 11) is 0. The smallest absolute Gasteiger partial charge is 0.404 e. The number of hydrogen-bond donors (Lipinski definition) is 2. The number of aryl methyl sites for hydroxylation is 1. The van der Waals surface area contributed by atoms with Crippen LogP contribution in [0.4, 0.5) is 4.79 Å². The number of aromatic nitrogens is 2. The molecular weight excluding hydrogens is 194 g/mol. The van der Waals surface area contributed by atoms with Gasteiger partial charge >= 0.3 is 6.09 Å². The highest BCUT2D eigenvalue weighted by Crippen LogP contribution is 2.03. The van der Waals surface area contributed by atoms with Crippen molar-refractivity contribution in [2.75, 3.05) is 6.54 Å². The molecule has 1 heterocycles. The van der Waals surface area contributed by atoms with E-state index < -0.39 is 6.09 Å². The number of amides is 1. The molecular formula is C10H15N3O2. The fourth-order valence-corrected chi connectivity index (χ4v) is 1.29. The number of carboxylic acid groups (broad SMARTS) is 1. The molecule has 0 aliphatic carbocycles. The summed E-state index contributed by atoms with van der Waals surface area (Å²) in [5, 5.41) is 10.7. The van der Waals surface area contributed by atoms with Crippen LogP contribution >= 0.6 is 0 Å². The quantitative estimate of drug-likeness (QED) is 0.695. The van der Waals surface area contributed by atoms with Gasteiger partial charge in [0.05, 0.1) is 0 Å². The van der Waals surface area contributed by atoms with Crippen molar-refractivity contribution in [1.82, 2.24) is 15.3 Å². The van der Waals surface area contributed by atoms with Crippen molar-refractivity contribution in [1.29, 1.82) is 0 Å². The topological polar surface area (TPSA) is 75.1 Å². The minimum absolute atomic E-state index is 0.528. The first kappa shape index (κ1) is 11.4. The summed E-state index contributed by atoms with van der Waals surface area (Å²) >= 11 is 0. The first-order chi connectivity index (χ1) is 7.29. The van der Waals surface area contributed by atoms with Crippen LogP contribution in [-0.4, -0.2) is 27.7 Å². The Morgan fingerprint density at radius 1 is 1.27 bits per heavy atom. The molecule has 0 saturated carbocycles. The first-order valence-corrected chi connectivity index (χ1v) is 4.99. The molecule has 0 aliphatic heterocycles. The summed E-state index contributed by atoms with van der Waals surface area (Å²) in [6.07, 6.45) is 8.05. The minimum Gasteiger partial charge on any atom is -0.465 e. The van der Waals surface area contributed by atoms with Gasteiger partial charge in [-0.15, -0.1) is 0 Å². The van der Waals surface area contributed by atoms with Crippen molar-refractivity contribution in [2.45, 2.75) is 25.7 Å². The van der Waals surface area contributed by atoms with Gasteiger partial charge in [-0.25, -0.2) is 14.8 Å². The minimum atomic E-state index is -0.952. The van der Waals surface area contributed by atoms with Gasteiger partial charge in [-0.1, -0.05) is 6.42 Å². The van der Waals surface area contributed by atoms with Crippen LogP contribution in [0, 0.1) is 0 Å². The van der Waals surface area contributed by atoms with E-state index in [-0.39, 0.29) is 0 Å². The van der Waals surface area contributed by atoms with Gasteiger partial charge in [0.15, 0.2) is 0 Å². The highest BCUT2D eigenvalue weighted by Gasteiger charge is 1.95. The molecule has 0 spiro atoms. The molecule has 1 amide bonds. The molecule has 5 nitrogen and oxygen atoms in total. The molecule has 0 saturated heterocycles. The number of rotatable bonds is 6. The number of nitrogens with zero attached hydrogens (tertiary/aromatic N) is 2. The van der Waals surface area contributed by atoms with Gasteiger partial charge in [0.1, 0.15) is 6.33 Å². The van der Waals surface area contributed by atoms with Crippen LogP contribution in [-0.2, 0) is 6.42 Å². The molecule has 0 bridgehead atoms. The molecule has 1 aromatic rings. The van der Waals surface area contributed by atoms with Gasteiger partial charge in [-0.3, -0.25) is 0 Å². The van der Waals surface area contributed by atoms with Gasteiger partial charge < -0.3 is 10.4 Å². The Balaban J connectivity index is 2.00. The third-order valence-corrected chi connectivity index (χ3v) is 2.03. The maximum absolute atomic E-state index is 10.1. The fraction of sp³-hybridized carbons (Fsp3) is 0.500. The summed E-state index contributed by atoms with van der Waals surface area (Å²) in [4.78, 5) is 18.0. The normalized spacial score (nSPS) is 9.87. The number of hydrogen-bond acceptors (Lipinski definition) is 3. The number of carbonyl (C=O) groups is 1. The summed E-state index contributed by atoms with van der Waals surface area (Å²) < 4.78 is 0. The molecule has 0 aromatic carbocycles. The van der Waals surface area contributed by atoms with E-state index in [2.05, 4.69) is 15.3 Å². The summed E-state index contributed by atoms with van der Waals surface area (Å²) in [5.41, 5.74) is 1.13. The van der Waals surface area contributed by atoms with E-state index in [0.29, 0.717) is 6.54 Å². The molecule has 0 atom stereocenters. The molecule has 2 N–H and O–H groups in total. The standard InChI is InChI=1S/C10H15N3O2/c14-10(15)13-5-3-1-2-4-9-6-11-8-12-7-9/h6-8,13H,1-5H2,(H,14,15). The second-order valence-electron chi connectivity index (χ2n) is 3.29. The van der Waals surface area contributed by atoms with Gasteiger partial charge in [0.25, 0.3) is 0 Å². The van der Waals surface area contributed by atoms with Gasteiger partial charge in [0.2, 0.25) is 0 Å². The third-order valence-electron chi connectivity index (χ3n) is 2.03. The highest BCUT2D eigenvalue weighted by atomic mass is 16.4. The molecule has 5 heteroatoms. The van der Waals surface area contributed by atoms with Crippen LogP contribution in [0.25, 0.3) is 0 Å². The van der Waals surface area contributed by atoms with Crippen molar-refractivity contribution in [2.24, 2.45) is 0 Å². The van der Waals surface area contributed by atoms with E-state index in [4.69, 9.17) is 5.11 Å². The van der Waals surface area contributed by atoms with Crippen LogP contribution in [0.3, 0.4) is 0 Å². The van der Waals surface area contributed by atoms with Crippen LogP contribution in [0.5, 0.6) is 0 Å². The first-order valence-electron chi connectivity index (χ1n) is 4.99. The molecule has 15 heavy (non-hydrogen) atoms. The third kappa shape index (κ3) is 5.61. The summed E-state index contributed by atoms with van der Waals surface area (Å²) in [5.74, 6) is 0. The Morgan fingerprint density at radius 3 is 2.67 bits per heavy atom. The Bertz CT molecular complexity index is 290. The maximum Gasteiger partial charge on any atom is 0.404 e. The Morgan fingerprint density at radius 2 is 2.00 bits per heavy atom. The maximum atomic E-state index is 10.1. The van der Waals surface area contributed by atoms with E-state index in [1.54, 1.807) is 0 Å². The molecule has 0 fully saturated rings. The second kappa shape index (κ2) is 6.75. The number of unbranched alkanes of at least 4 members (excludes halogenated alkanes) is 2. The summed E-state index contributed by atoms with van der Waals surface area (Å²) in [6, 6.07) is 0. The predicted octanol–water partition coefficient (Wildman–Crippen LogP) is 1.46. The lowest BCUT2D eigenvalue weighted by Gasteiger charge is -2.01. The lowest BCUT2D eigenvalue weighted by molar-refractivity contribution is 0.194. The monoisotopic (exact) mass is 209 g/mol. The van der Waals surface area contributed by atoms with Crippen LogP contribution in [0.15, 0.2) is 18.7 Å². The zero-order valence-corrected chi connectivity index (χ0v) is 8.52.